The van der Waals surface area contributed by atoms with Crippen molar-refractivity contribution in [2.75, 3.05) is 6.54 Å². The predicted octanol–water partition coefficient (Wildman–Crippen LogP) is 1.76. The van der Waals surface area contributed by atoms with Gasteiger partial charge in [0.25, 0.3) is 15.7 Å². The molecule has 0 saturated carbocycles. The number of hydrogen-bond acceptors (Lipinski definition) is 7. The maximum absolute atomic E-state index is 12.4. The van der Waals surface area contributed by atoms with Crippen LogP contribution in [0.2, 0.25) is 4.34 Å². The van der Waals surface area contributed by atoms with Crippen LogP contribution in [-0.2, 0) is 14.8 Å². The minimum absolute atomic E-state index is 0.196. The minimum atomic E-state index is -3.95. The first kappa shape index (κ1) is 15.1. The van der Waals surface area contributed by atoms with Crippen LogP contribution in [0.15, 0.2) is 15.3 Å². The van der Waals surface area contributed by atoms with E-state index in [1.54, 1.807) is 0 Å². The highest BCUT2D eigenvalue weighted by atomic mass is 35.5. The third-order valence-corrected chi connectivity index (χ3v) is 6.46. The summed E-state index contributed by atoms with van der Waals surface area (Å²) in [6.07, 6.45) is 1.49. The second-order valence-corrected chi connectivity index (χ2v) is 7.71. The molecule has 20 heavy (non-hydrogen) atoms. The number of halogens is 1. The molecule has 1 fully saturated rings. The lowest BCUT2D eigenvalue weighted by molar-refractivity contribution is -0.384. The van der Waals surface area contributed by atoms with E-state index in [-0.39, 0.29) is 15.1 Å². The van der Waals surface area contributed by atoms with E-state index in [1.165, 1.54) is 6.08 Å². The zero-order valence-electron chi connectivity index (χ0n) is 9.85. The second kappa shape index (κ2) is 5.58. The fourth-order valence-electron chi connectivity index (χ4n) is 1.90. The van der Waals surface area contributed by atoms with Crippen molar-refractivity contribution in [3.05, 3.63) is 20.5 Å². The van der Waals surface area contributed by atoms with Gasteiger partial charge in [0.05, 0.1) is 4.92 Å². The van der Waals surface area contributed by atoms with Crippen LogP contribution < -0.4 is 0 Å². The maximum Gasteiger partial charge on any atom is 0.300 e. The average molecular weight is 338 g/mol. The molecule has 0 amide bonds. The van der Waals surface area contributed by atoms with E-state index in [2.05, 4.69) is 4.99 Å². The lowest BCUT2D eigenvalue weighted by Crippen LogP contribution is -2.33. The summed E-state index contributed by atoms with van der Waals surface area (Å²) in [5.41, 5.74) is -0.454. The molecule has 0 aliphatic carbocycles. The van der Waals surface area contributed by atoms with Gasteiger partial charge in [-0.1, -0.05) is 11.6 Å². The van der Waals surface area contributed by atoms with Gasteiger partial charge in [0, 0.05) is 12.6 Å². The summed E-state index contributed by atoms with van der Waals surface area (Å²) in [5, 5.41) is 10.7. The monoisotopic (exact) mass is 337 g/mol. The molecular formula is C9H8ClN3O5S2. The number of sulfonamides is 1. The van der Waals surface area contributed by atoms with Crippen LogP contribution in [0.5, 0.6) is 0 Å². The zero-order valence-corrected chi connectivity index (χ0v) is 12.2. The number of thiophene rings is 1. The molecule has 0 radical (unpaired) electrons. The van der Waals surface area contributed by atoms with Crippen LogP contribution in [-0.4, -0.2) is 36.4 Å². The molecule has 0 spiro atoms. The van der Waals surface area contributed by atoms with Crippen molar-refractivity contribution in [1.29, 1.82) is 0 Å². The topological polar surface area (TPSA) is 110 Å². The van der Waals surface area contributed by atoms with E-state index >= 15 is 0 Å². The number of nitrogens with zero attached hydrogens (tertiary/aromatic N) is 3. The fraction of sp³-hybridized carbons (Fsp3) is 0.444. The van der Waals surface area contributed by atoms with E-state index < -0.39 is 26.8 Å². The van der Waals surface area contributed by atoms with E-state index in [1.807, 2.05) is 0 Å². The average Bonchev–Trinajstić information content (AvgIpc) is 2.96. The van der Waals surface area contributed by atoms with Crippen molar-refractivity contribution < 1.29 is 18.1 Å². The Kier molecular flexibility index (Phi) is 4.21. The molecule has 108 valence electrons. The van der Waals surface area contributed by atoms with Crippen LogP contribution >= 0.6 is 22.9 Å². The Morgan fingerprint density at radius 3 is 2.85 bits per heavy atom. The van der Waals surface area contributed by atoms with Crippen molar-refractivity contribution in [2.24, 2.45) is 4.99 Å². The first-order valence-electron chi connectivity index (χ1n) is 5.40. The molecule has 1 aliphatic rings. The summed E-state index contributed by atoms with van der Waals surface area (Å²) >= 11 is 6.27. The summed E-state index contributed by atoms with van der Waals surface area (Å²) in [6.45, 7) is 0.196. The van der Waals surface area contributed by atoms with Gasteiger partial charge < -0.3 is 0 Å². The van der Waals surface area contributed by atoms with Crippen LogP contribution in [0.4, 0.5) is 5.69 Å². The third kappa shape index (κ3) is 2.60. The van der Waals surface area contributed by atoms with Crippen molar-refractivity contribution in [3.63, 3.8) is 0 Å². The smallest absolute Gasteiger partial charge is 0.258 e. The van der Waals surface area contributed by atoms with E-state index in [0.717, 1.165) is 10.4 Å². The highest BCUT2D eigenvalue weighted by Crippen LogP contribution is 2.39. The summed E-state index contributed by atoms with van der Waals surface area (Å²) in [5.74, 6) is 0. The highest BCUT2D eigenvalue weighted by Gasteiger charge is 2.37. The number of isocyanates is 1. The lowest BCUT2D eigenvalue weighted by atomic mass is 10.3. The van der Waals surface area contributed by atoms with Crippen LogP contribution in [0, 0.1) is 10.1 Å². The van der Waals surface area contributed by atoms with Gasteiger partial charge in [0.15, 0.2) is 4.34 Å². The Bertz CT molecular complexity index is 694. The van der Waals surface area contributed by atoms with Gasteiger partial charge in [-0.05, 0) is 12.8 Å². The first-order valence-corrected chi connectivity index (χ1v) is 8.04. The predicted molar refractivity (Wildman–Crippen MR) is 71.0 cm³/mol. The van der Waals surface area contributed by atoms with Crippen LogP contribution in [0.25, 0.3) is 0 Å². The van der Waals surface area contributed by atoms with Gasteiger partial charge in [-0.3, -0.25) is 10.1 Å². The summed E-state index contributed by atoms with van der Waals surface area (Å²) < 4.78 is 25.3. The normalized spacial score (nSPS) is 19.8. The van der Waals surface area contributed by atoms with Crippen molar-refractivity contribution in [2.45, 2.75) is 23.2 Å². The standard InChI is InChI=1S/C9H8ClN3O5S2/c10-9-6(13(15)16)4-8(19-9)20(17,18)12-3-1-2-7(12)11-5-14/h4,7H,1-3H2. The Morgan fingerprint density at radius 2 is 2.30 bits per heavy atom. The molecule has 0 bridgehead atoms. The Hall–Kier alpha value is -1.32. The fourth-order valence-corrected chi connectivity index (χ4v) is 5.29. The molecule has 2 heterocycles. The van der Waals surface area contributed by atoms with Crippen molar-refractivity contribution in [1.82, 2.24) is 4.31 Å². The Morgan fingerprint density at radius 1 is 1.60 bits per heavy atom. The Labute approximate surface area is 122 Å². The van der Waals surface area contributed by atoms with Gasteiger partial charge in [0.2, 0.25) is 6.08 Å². The van der Waals surface area contributed by atoms with Gasteiger partial charge >= 0.3 is 0 Å². The second-order valence-electron chi connectivity index (χ2n) is 3.94. The number of rotatable bonds is 4. The molecule has 1 saturated heterocycles. The molecule has 8 nitrogen and oxygen atoms in total. The molecule has 1 aliphatic heterocycles. The molecule has 2 rings (SSSR count). The summed E-state index contributed by atoms with van der Waals surface area (Å²) in [6, 6.07) is 0.919. The van der Waals surface area contributed by atoms with E-state index in [9.17, 15) is 23.3 Å². The third-order valence-electron chi connectivity index (χ3n) is 2.78. The maximum atomic E-state index is 12.4. The molecule has 1 atom stereocenters. The minimum Gasteiger partial charge on any atom is -0.258 e. The van der Waals surface area contributed by atoms with Gasteiger partial charge in [-0.2, -0.15) is 9.30 Å². The van der Waals surface area contributed by atoms with Crippen molar-refractivity contribution >= 4 is 44.7 Å². The number of hydrogen-bond donors (Lipinski definition) is 0. The molecular weight excluding hydrogens is 330 g/mol. The van der Waals surface area contributed by atoms with E-state index in [4.69, 9.17) is 11.6 Å². The van der Waals surface area contributed by atoms with Gasteiger partial charge in [-0.15, -0.1) is 11.3 Å². The van der Waals surface area contributed by atoms with Crippen LogP contribution in [0.3, 0.4) is 0 Å². The molecule has 11 heteroatoms. The molecule has 1 unspecified atom stereocenters. The van der Waals surface area contributed by atoms with Gasteiger partial charge in [0.1, 0.15) is 10.4 Å². The number of carbonyl (C=O) groups excluding carboxylic acids is 1. The molecule has 0 aromatic carbocycles. The van der Waals surface area contributed by atoms with Crippen molar-refractivity contribution in [3.8, 4) is 0 Å². The summed E-state index contributed by atoms with van der Waals surface area (Å²) in [4.78, 5) is 23.7. The SMILES string of the molecule is O=C=NC1CCCN1S(=O)(=O)c1cc([N+](=O)[O-])c(Cl)s1. The lowest BCUT2D eigenvalue weighted by Gasteiger charge is -2.18. The van der Waals surface area contributed by atoms with Crippen LogP contribution in [0.1, 0.15) is 12.8 Å². The number of aliphatic imine (C=N–C) groups is 1. The van der Waals surface area contributed by atoms with E-state index in [0.29, 0.717) is 24.2 Å². The van der Waals surface area contributed by atoms with Gasteiger partial charge in [-0.25, -0.2) is 13.2 Å². The number of nitro groups is 1. The summed E-state index contributed by atoms with van der Waals surface area (Å²) in [7, 11) is -3.95. The highest BCUT2D eigenvalue weighted by molar-refractivity contribution is 7.91. The molecule has 1 aromatic heterocycles. The first-order chi connectivity index (χ1) is 9.37. The largest absolute Gasteiger partial charge is 0.300 e. The zero-order chi connectivity index (χ0) is 14.9. The molecule has 1 aromatic rings. The quantitative estimate of drug-likeness (QED) is 0.360. The molecule has 0 N–H and O–H groups in total. The Balaban J connectivity index is 2.42.